The Labute approximate surface area is 138 Å². The van der Waals surface area contributed by atoms with Gasteiger partial charge >= 0.3 is 0 Å². The number of carbonyl (C=O) groups excluding carboxylic acids is 1. The average Bonchev–Trinajstić information content (AvgIpc) is 2.56. The van der Waals surface area contributed by atoms with Gasteiger partial charge in [-0.05, 0) is 30.5 Å². The number of amides is 1. The Balaban J connectivity index is 1.53. The predicted octanol–water partition coefficient (Wildman–Crippen LogP) is 1.70. The van der Waals surface area contributed by atoms with Crippen molar-refractivity contribution < 1.29 is 9.90 Å². The number of phenols is 1. The first-order chi connectivity index (χ1) is 11.1. The number of hydrogen-bond acceptors (Lipinski definition) is 4. The Kier molecular flexibility index (Phi) is 4.87. The molecule has 0 unspecified atom stereocenters. The highest BCUT2D eigenvalue weighted by atomic mass is 16.3. The van der Waals surface area contributed by atoms with Crippen molar-refractivity contribution in [3.8, 4) is 5.75 Å². The fraction of sp³-hybridized carbons (Fsp3) is 0.611. The topological polar surface area (TPSA) is 69.8 Å². The molecule has 0 aromatic heterocycles. The van der Waals surface area contributed by atoms with Crippen LogP contribution in [0, 0.1) is 0 Å². The van der Waals surface area contributed by atoms with Crippen LogP contribution in [0.5, 0.6) is 5.75 Å². The zero-order chi connectivity index (χ0) is 16.3. The van der Waals surface area contributed by atoms with Gasteiger partial charge in [-0.2, -0.15) is 0 Å². The van der Waals surface area contributed by atoms with Crippen LogP contribution in [0.1, 0.15) is 37.7 Å². The lowest BCUT2D eigenvalue weighted by atomic mass is 9.81. The van der Waals surface area contributed by atoms with E-state index in [1.165, 1.54) is 6.42 Å². The third-order valence-corrected chi connectivity index (χ3v) is 5.15. The molecule has 1 aliphatic heterocycles. The molecule has 3 N–H and O–H groups in total. The molecule has 1 aromatic carbocycles. The minimum absolute atomic E-state index is 0.147. The number of hydrogen-bond donors (Lipinski definition) is 2. The maximum absolute atomic E-state index is 12.7. The van der Waals surface area contributed by atoms with Crippen molar-refractivity contribution in [2.24, 2.45) is 5.73 Å². The van der Waals surface area contributed by atoms with Gasteiger partial charge in [0.05, 0.1) is 5.54 Å². The van der Waals surface area contributed by atoms with Crippen molar-refractivity contribution in [1.82, 2.24) is 9.80 Å². The number of rotatable bonds is 3. The number of nitrogens with two attached hydrogens (primary N) is 1. The maximum atomic E-state index is 12.7. The summed E-state index contributed by atoms with van der Waals surface area (Å²) in [6, 6.07) is 7.37. The second-order valence-electron chi connectivity index (χ2n) is 6.96. The van der Waals surface area contributed by atoms with Crippen molar-refractivity contribution >= 4 is 5.91 Å². The smallest absolute Gasteiger partial charge is 0.242 e. The van der Waals surface area contributed by atoms with Crippen molar-refractivity contribution in [2.45, 2.75) is 44.2 Å². The van der Waals surface area contributed by atoms with E-state index in [0.29, 0.717) is 5.75 Å². The summed E-state index contributed by atoms with van der Waals surface area (Å²) in [4.78, 5) is 17.0. The minimum atomic E-state index is -0.619. The van der Waals surface area contributed by atoms with E-state index in [-0.39, 0.29) is 5.91 Å². The minimum Gasteiger partial charge on any atom is -0.508 e. The van der Waals surface area contributed by atoms with Gasteiger partial charge in [-0.1, -0.05) is 31.4 Å². The molecular weight excluding hydrogens is 290 g/mol. The zero-order valence-electron chi connectivity index (χ0n) is 13.7. The number of piperazine rings is 1. The molecule has 23 heavy (non-hydrogen) atoms. The highest BCUT2D eigenvalue weighted by molar-refractivity contribution is 5.86. The van der Waals surface area contributed by atoms with E-state index in [2.05, 4.69) is 4.90 Å². The van der Waals surface area contributed by atoms with Crippen molar-refractivity contribution in [3.05, 3.63) is 29.8 Å². The number of benzene rings is 1. The number of aromatic hydroxyl groups is 1. The van der Waals surface area contributed by atoms with Gasteiger partial charge in [0, 0.05) is 32.7 Å². The molecule has 1 aliphatic carbocycles. The maximum Gasteiger partial charge on any atom is 0.242 e. The quantitative estimate of drug-likeness (QED) is 0.890. The first kappa shape index (κ1) is 16.3. The lowest BCUT2D eigenvalue weighted by molar-refractivity contribution is -0.140. The summed E-state index contributed by atoms with van der Waals surface area (Å²) in [5.41, 5.74) is 6.86. The second kappa shape index (κ2) is 6.89. The van der Waals surface area contributed by atoms with Gasteiger partial charge in [0.1, 0.15) is 5.75 Å². The molecule has 1 saturated carbocycles. The van der Waals surface area contributed by atoms with Crippen LogP contribution in [0.15, 0.2) is 24.3 Å². The fourth-order valence-corrected chi connectivity index (χ4v) is 3.73. The van der Waals surface area contributed by atoms with Crippen molar-refractivity contribution in [1.29, 1.82) is 0 Å². The number of phenolic OH excluding ortho intramolecular Hbond substituents is 1. The zero-order valence-corrected chi connectivity index (χ0v) is 13.7. The van der Waals surface area contributed by atoms with E-state index in [9.17, 15) is 9.90 Å². The molecule has 5 heteroatoms. The first-order valence-corrected chi connectivity index (χ1v) is 8.65. The van der Waals surface area contributed by atoms with E-state index >= 15 is 0 Å². The number of carbonyl (C=O) groups is 1. The van der Waals surface area contributed by atoms with Gasteiger partial charge in [-0.3, -0.25) is 9.69 Å². The Bertz CT molecular complexity index is 547. The molecule has 5 nitrogen and oxygen atoms in total. The van der Waals surface area contributed by atoms with Crippen LogP contribution in [-0.4, -0.2) is 52.5 Å². The van der Waals surface area contributed by atoms with Crippen LogP contribution >= 0.6 is 0 Å². The second-order valence-corrected chi connectivity index (χ2v) is 6.96. The van der Waals surface area contributed by atoms with Gasteiger partial charge < -0.3 is 15.7 Å². The monoisotopic (exact) mass is 317 g/mol. The predicted molar refractivity (Wildman–Crippen MR) is 90.0 cm³/mol. The Morgan fingerprint density at radius 3 is 2.48 bits per heavy atom. The number of nitrogens with zero attached hydrogens (tertiary/aromatic N) is 2. The summed E-state index contributed by atoms with van der Waals surface area (Å²) in [6.07, 6.45) is 4.99. The lowest BCUT2D eigenvalue weighted by Gasteiger charge is -2.41. The third-order valence-electron chi connectivity index (χ3n) is 5.15. The SMILES string of the molecule is NC1(C(=O)N2CCN(Cc3cccc(O)c3)CC2)CCCCC1. The molecule has 2 aliphatic rings. The molecule has 2 fully saturated rings. The van der Waals surface area contributed by atoms with Gasteiger partial charge in [0.25, 0.3) is 0 Å². The van der Waals surface area contributed by atoms with Crippen molar-refractivity contribution in [2.75, 3.05) is 26.2 Å². The molecule has 0 radical (unpaired) electrons. The molecule has 0 bridgehead atoms. The van der Waals surface area contributed by atoms with Crippen LogP contribution < -0.4 is 5.73 Å². The fourth-order valence-electron chi connectivity index (χ4n) is 3.73. The van der Waals surface area contributed by atoms with E-state index in [0.717, 1.165) is 64.0 Å². The summed E-state index contributed by atoms with van der Waals surface area (Å²) in [6.45, 7) is 4.02. The van der Waals surface area contributed by atoms with Gasteiger partial charge in [-0.15, -0.1) is 0 Å². The normalized spacial score (nSPS) is 22.0. The summed E-state index contributed by atoms with van der Waals surface area (Å²) >= 11 is 0. The highest BCUT2D eigenvalue weighted by Crippen LogP contribution is 2.28. The summed E-state index contributed by atoms with van der Waals surface area (Å²) < 4.78 is 0. The summed E-state index contributed by atoms with van der Waals surface area (Å²) in [5, 5.41) is 9.54. The van der Waals surface area contributed by atoms with Crippen LogP contribution in [-0.2, 0) is 11.3 Å². The van der Waals surface area contributed by atoms with Crippen LogP contribution in [0.25, 0.3) is 0 Å². The molecular formula is C18H27N3O2. The van der Waals surface area contributed by atoms with E-state index in [1.54, 1.807) is 12.1 Å². The largest absolute Gasteiger partial charge is 0.508 e. The van der Waals surface area contributed by atoms with E-state index < -0.39 is 5.54 Å². The Hall–Kier alpha value is -1.59. The van der Waals surface area contributed by atoms with Gasteiger partial charge in [0.15, 0.2) is 0 Å². The Morgan fingerprint density at radius 2 is 1.83 bits per heavy atom. The van der Waals surface area contributed by atoms with Crippen LogP contribution in [0.4, 0.5) is 0 Å². The third kappa shape index (κ3) is 3.85. The van der Waals surface area contributed by atoms with Gasteiger partial charge in [0.2, 0.25) is 5.91 Å². The van der Waals surface area contributed by atoms with E-state index in [1.807, 2.05) is 17.0 Å². The summed E-state index contributed by atoms with van der Waals surface area (Å²) in [7, 11) is 0. The van der Waals surface area contributed by atoms with Crippen LogP contribution in [0.2, 0.25) is 0 Å². The first-order valence-electron chi connectivity index (χ1n) is 8.65. The molecule has 1 amide bonds. The molecule has 126 valence electrons. The summed E-state index contributed by atoms with van der Waals surface area (Å²) in [5.74, 6) is 0.452. The van der Waals surface area contributed by atoms with Crippen LogP contribution in [0.3, 0.4) is 0 Å². The Morgan fingerprint density at radius 1 is 1.13 bits per heavy atom. The lowest BCUT2D eigenvalue weighted by Crippen LogP contribution is -2.60. The molecule has 0 atom stereocenters. The molecule has 0 spiro atoms. The van der Waals surface area contributed by atoms with Crippen molar-refractivity contribution in [3.63, 3.8) is 0 Å². The highest BCUT2D eigenvalue weighted by Gasteiger charge is 2.39. The molecule has 3 rings (SSSR count). The van der Waals surface area contributed by atoms with Gasteiger partial charge in [-0.25, -0.2) is 0 Å². The van der Waals surface area contributed by atoms with E-state index in [4.69, 9.17) is 5.73 Å². The molecule has 1 heterocycles. The molecule has 1 aromatic rings. The average molecular weight is 317 g/mol. The molecule has 1 saturated heterocycles. The standard InChI is InChI=1S/C18H27N3O2/c19-18(7-2-1-3-8-18)17(23)21-11-9-20(10-12-21)14-15-5-4-6-16(22)13-15/h4-6,13,22H,1-3,7-12,14,19H2.